The Balaban J connectivity index is 1.94. The highest BCUT2D eigenvalue weighted by molar-refractivity contribution is 7.89. The lowest BCUT2D eigenvalue weighted by Gasteiger charge is -2.34. The van der Waals surface area contributed by atoms with Crippen LogP contribution in [0.25, 0.3) is 0 Å². The Morgan fingerprint density at radius 3 is 2.37 bits per heavy atom. The van der Waals surface area contributed by atoms with Crippen molar-refractivity contribution >= 4 is 15.9 Å². The van der Waals surface area contributed by atoms with Gasteiger partial charge in [-0.3, -0.25) is 4.79 Å². The third-order valence-corrected chi connectivity index (χ3v) is 7.12. The van der Waals surface area contributed by atoms with Crippen LogP contribution in [0, 0.1) is 11.8 Å². The van der Waals surface area contributed by atoms with Gasteiger partial charge in [-0.15, -0.1) is 0 Å². The van der Waals surface area contributed by atoms with Gasteiger partial charge in [0.25, 0.3) is 5.91 Å². The van der Waals surface area contributed by atoms with E-state index in [0.717, 1.165) is 19.5 Å². The molecular weight excluding hydrogens is 366 g/mol. The van der Waals surface area contributed by atoms with Gasteiger partial charge in [-0.1, -0.05) is 13.8 Å². The molecule has 8 heteroatoms. The molecule has 2 atom stereocenters. The first-order valence-electron chi connectivity index (χ1n) is 9.51. The number of carbonyl (C=O) groups excluding carboxylic acids is 1. The largest absolute Gasteiger partial charge is 0.495 e. The summed E-state index contributed by atoms with van der Waals surface area (Å²) in [4.78, 5) is 14.6. The van der Waals surface area contributed by atoms with E-state index in [1.54, 1.807) is 17.0 Å². The van der Waals surface area contributed by atoms with Crippen LogP contribution in [0.5, 0.6) is 5.75 Å². The second-order valence-electron chi connectivity index (χ2n) is 7.68. The molecule has 0 radical (unpaired) electrons. The van der Waals surface area contributed by atoms with Gasteiger partial charge in [0.05, 0.1) is 7.11 Å². The second kappa shape index (κ2) is 8.16. The highest BCUT2D eigenvalue weighted by atomic mass is 32.2. The van der Waals surface area contributed by atoms with E-state index in [2.05, 4.69) is 19.2 Å². The average molecular weight is 396 g/mol. The number of nitrogens with zero attached hydrogens (tertiary/aromatic N) is 2. The summed E-state index contributed by atoms with van der Waals surface area (Å²) < 4.78 is 33.5. The van der Waals surface area contributed by atoms with E-state index in [-0.39, 0.29) is 16.6 Å². The maximum absolute atomic E-state index is 13.3. The van der Waals surface area contributed by atoms with Crippen molar-refractivity contribution in [1.82, 2.24) is 14.5 Å². The van der Waals surface area contributed by atoms with Crippen LogP contribution in [-0.2, 0) is 10.0 Å². The van der Waals surface area contributed by atoms with Crippen molar-refractivity contribution in [3.8, 4) is 5.75 Å². The maximum Gasteiger partial charge on any atom is 0.253 e. The molecule has 1 amide bonds. The van der Waals surface area contributed by atoms with Crippen molar-refractivity contribution in [3.63, 3.8) is 0 Å². The lowest BCUT2D eigenvalue weighted by Crippen LogP contribution is -2.46. The van der Waals surface area contributed by atoms with Crippen molar-refractivity contribution in [3.05, 3.63) is 23.8 Å². The fraction of sp³-hybridized carbons (Fsp3) is 0.632. The number of nitrogens with one attached hydrogen (secondary N) is 1. The Kier molecular flexibility index (Phi) is 6.08. The molecule has 7 nitrogen and oxygen atoms in total. The van der Waals surface area contributed by atoms with Crippen molar-refractivity contribution in [2.24, 2.45) is 11.8 Å². The third kappa shape index (κ3) is 4.28. The van der Waals surface area contributed by atoms with E-state index < -0.39 is 10.0 Å². The Labute approximate surface area is 161 Å². The number of benzene rings is 1. The average Bonchev–Trinajstić information content (AvgIpc) is 2.66. The first-order valence-corrected chi connectivity index (χ1v) is 10.9. The van der Waals surface area contributed by atoms with Crippen molar-refractivity contribution < 1.29 is 17.9 Å². The molecule has 27 heavy (non-hydrogen) atoms. The van der Waals surface area contributed by atoms with Crippen LogP contribution >= 0.6 is 0 Å². The summed E-state index contributed by atoms with van der Waals surface area (Å²) in [6.45, 7) is 7.85. The molecule has 0 spiro atoms. The van der Waals surface area contributed by atoms with Gasteiger partial charge in [0.1, 0.15) is 10.6 Å². The van der Waals surface area contributed by atoms with Crippen LogP contribution in [0.1, 0.15) is 30.6 Å². The monoisotopic (exact) mass is 395 g/mol. The van der Waals surface area contributed by atoms with Crippen LogP contribution in [0.3, 0.4) is 0 Å². The molecule has 2 aliphatic rings. The summed E-state index contributed by atoms with van der Waals surface area (Å²) in [5.41, 5.74) is 0.384. The fourth-order valence-electron chi connectivity index (χ4n) is 4.00. The molecule has 3 rings (SSSR count). The van der Waals surface area contributed by atoms with E-state index in [4.69, 9.17) is 4.74 Å². The van der Waals surface area contributed by atoms with E-state index in [9.17, 15) is 13.2 Å². The number of ether oxygens (including phenoxy) is 1. The molecule has 2 unspecified atom stereocenters. The molecule has 2 saturated heterocycles. The molecule has 0 bridgehead atoms. The number of amides is 1. The Bertz CT molecular complexity index is 780. The fourth-order valence-corrected chi connectivity index (χ4v) is 5.86. The number of piperazine rings is 1. The van der Waals surface area contributed by atoms with E-state index in [0.29, 0.717) is 43.6 Å². The zero-order valence-electron chi connectivity index (χ0n) is 16.3. The van der Waals surface area contributed by atoms with Crippen molar-refractivity contribution in [2.75, 3.05) is 46.4 Å². The topological polar surface area (TPSA) is 79.0 Å². The van der Waals surface area contributed by atoms with Gasteiger partial charge in [0.2, 0.25) is 10.0 Å². The zero-order chi connectivity index (χ0) is 19.6. The smallest absolute Gasteiger partial charge is 0.253 e. The minimum absolute atomic E-state index is 0.0762. The molecule has 2 aliphatic heterocycles. The zero-order valence-corrected chi connectivity index (χ0v) is 17.1. The van der Waals surface area contributed by atoms with E-state index >= 15 is 0 Å². The predicted octanol–water partition coefficient (Wildman–Crippen LogP) is 1.41. The molecular formula is C19H29N3O4S. The van der Waals surface area contributed by atoms with Crippen LogP contribution in [0.4, 0.5) is 0 Å². The molecule has 0 aliphatic carbocycles. The number of rotatable bonds is 4. The van der Waals surface area contributed by atoms with Crippen LogP contribution < -0.4 is 10.1 Å². The predicted molar refractivity (Wildman–Crippen MR) is 103 cm³/mol. The van der Waals surface area contributed by atoms with Gasteiger partial charge in [-0.2, -0.15) is 4.31 Å². The lowest BCUT2D eigenvalue weighted by atomic mass is 9.94. The van der Waals surface area contributed by atoms with Gasteiger partial charge in [-0.25, -0.2) is 8.42 Å². The third-order valence-electron chi connectivity index (χ3n) is 5.27. The Morgan fingerprint density at radius 2 is 1.78 bits per heavy atom. The van der Waals surface area contributed by atoms with Gasteiger partial charge >= 0.3 is 0 Å². The summed E-state index contributed by atoms with van der Waals surface area (Å²) in [5.74, 6) is 0.745. The van der Waals surface area contributed by atoms with Gasteiger partial charge < -0.3 is 15.0 Å². The van der Waals surface area contributed by atoms with E-state index in [1.807, 2.05) is 0 Å². The van der Waals surface area contributed by atoms with Crippen molar-refractivity contribution in [2.45, 2.75) is 25.2 Å². The highest BCUT2D eigenvalue weighted by Gasteiger charge is 2.34. The molecule has 2 fully saturated rings. The number of sulfonamides is 1. The molecule has 0 aromatic heterocycles. The number of carbonyl (C=O) groups is 1. The first kappa shape index (κ1) is 20.1. The lowest BCUT2D eigenvalue weighted by molar-refractivity contribution is 0.0735. The number of hydrogen-bond acceptors (Lipinski definition) is 5. The van der Waals surface area contributed by atoms with Gasteiger partial charge in [0, 0.05) is 44.8 Å². The minimum atomic E-state index is -3.73. The first-order chi connectivity index (χ1) is 12.8. The number of hydrogen-bond donors (Lipinski definition) is 1. The van der Waals surface area contributed by atoms with Crippen LogP contribution in [-0.4, -0.2) is 69.9 Å². The molecule has 150 valence electrons. The van der Waals surface area contributed by atoms with E-state index in [1.165, 1.54) is 17.5 Å². The van der Waals surface area contributed by atoms with Gasteiger partial charge in [0.15, 0.2) is 0 Å². The Hall–Kier alpha value is -1.64. The standard InChI is InChI=1S/C19H29N3O4S/c1-14-10-15(2)13-22(12-14)27(24,25)18-11-16(4-5-17(18)26-3)19(23)21-8-6-20-7-9-21/h4-5,11,14-15,20H,6-10,12-13H2,1-3H3. The summed E-state index contributed by atoms with van der Waals surface area (Å²) in [7, 11) is -2.28. The molecule has 2 heterocycles. The van der Waals surface area contributed by atoms with Crippen LogP contribution in [0.15, 0.2) is 23.1 Å². The van der Waals surface area contributed by atoms with Crippen LogP contribution in [0.2, 0.25) is 0 Å². The Morgan fingerprint density at radius 1 is 1.15 bits per heavy atom. The van der Waals surface area contributed by atoms with Gasteiger partial charge in [-0.05, 0) is 36.5 Å². The second-order valence-corrected chi connectivity index (χ2v) is 9.58. The summed E-state index contributed by atoms with van der Waals surface area (Å²) >= 11 is 0. The highest BCUT2D eigenvalue weighted by Crippen LogP contribution is 2.32. The summed E-state index contributed by atoms with van der Waals surface area (Å²) in [6.07, 6.45) is 1.02. The van der Waals surface area contributed by atoms with Crippen molar-refractivity contribution in [1.29, 1.82) is 0 Å². The minimum Gasteiger partial charge on any atom is -0.495 e. The molecule has 1 N–H and O–H groups in total. The molecule has 1 aromatic rings. The SMILES string of the molecule is COc1ccc(C(=O)N2CCNCC2)cc1S(=O)(=O)N1CC(C)CC(C)C1. The molecule has 1 aromatic carbocycles. The molecule has 0 saturated carbocycles. The maximum atomic E-state index is 13.3. The summed E-state index contributed by atoms with van der Waals surface area (Å²) in [5, 5.41) is 3.21. The normalized spacial score (nSPS) is 24.6. The summed E-state index contributed by atoms with van der Waals surface area (Å²) in [6, 6.07) is 4.70. The number of piperidine rings is 1. The quantitative estimate of drug-likeness (QED) is 0.834. The number of methoxy groups -OCH3 is 1.